The predicted octanol–water partition coefficient (Wildman–Crippen LogP) is 5.19. The number of fused-ring (bicyclic) bond motifs is 3. The largest absolute Gasteiger partial charge is 0.445 e. The highest BCUT2D eigenvalue weighted by Gasteiger charge is 2.40. The Balaban J connectivity index is 1.37. The Morgan fingerprint density at radius 3 is 2.71 bits per heavy atom. The first-order valence-corrected chi connectivity index (χ1v) is 9.82. The van der Waals surface area contributed by atoms with E-state index in [1.165, 1.54) is 16.5 Å². The van der Waals surface area contributed by atoms with Gasteiger partial charge in [0.2, 0.25) is 0 Å². The van der Waals surface area contributed by atoms with Crippen molar-refractivity contribution in [1.29, 1.82) is 0 Å². The lowest BCUT2D eigenvalue weighted by Crippen LogP contribution is -2.43. The maximum absolute atomic E-state index is 12.7. The monoisotopic (exact) mass is 370 g/mol. The molecule has 4 heteroatoms. The molecule has 2 aliphatic rings. The van der Waals surface area contributed by atoms with E-state index >= 15 is 0 Å². The van der Waals surface area contributed by atoms with Crippen LogP contribution in [0.1, 0.15) is 30.4 Å². The van der Waals surface area contributed by atoms with E-state index in [0.29, 0.717) is 6.61 Å². The molecule has 0 N–H and O–H groups in total. The number of hydrogen-bond acceptors (Lipinski definition) is 3. The summed E-state index contributed by atoms with van der Waals surface area (Å²) in [6, 6.07) is 18.5. The van der Waals surface area contributed by atoms with Crippen LogP contribution in [0, 0.1) is 0 Å². The first-order chi connectivity index (χ1) is 13.8. The van der Waals surface area contributed by atoms with Gasteiger partial charge in [-0.2, -0.15) is 0 Å². The average Bonchev–Trinajstić information content (AvgIpc) is 3.02. The van der Waals surface area contributed by atoms with Crippen LogP contribution >= 0.6 is 0 Å². The molecule has 3 aromatic rings. The molecule has 2 bridgehead atoms. The SMILES string of the molecule is O=C(OCc1ccccc1)N1C2C=C(c3cncc4ccccc34)CC1CC2. The van der Waals surface area contributed by atoms with E-state index in [4.69, 9.17) is 4.74 Å². The van der Waals surface area contributed by atoms with Crippen molar-refractivity contribution >= 4 is 22.4 Å². The Kier molecular flexibility index (Phi) is 4.32. The lowest BCUT2D eigenvalue weighted by molar-refractivity contribution is 0.0832. The Bertz CT molecular complexity index is 1040. The van der Waals surface area contributed by atoms with Crippen molar-refractivity contribution < 1.29 is 9.53 Å². The maximum Gasteiger partial charge on any atom is 0.410 e. The highest BCUT2D eigenvalue weighted by Crippen LogP contribution is 2.40. The molecule has 1 aromatic heterocycles. The van der Waals surface area contributed by atoms with Crippen molar-refractivity contribution in [3.63, 3.8) is 0 Å². The van der Waals surface area contributed by atoms with Gasteiger partial charge in [0.25, 0.3) is 0 Å². The Hall–Kier alpha value is -3.14. The van der Waals surface area contributed by atoms with E-state index in [0.717, 1.165) is 30.2 Å². The zero-order valence-electron chi connectivity index (χ0n) is 15.6. The van der Waals surface area contributed by atoms with Gasteiger partial charge in [0, 0.05) is 29.4 Å². The molecule has 0 spiro atoms. The van der Waals surface area contributed by atoms with Crippen LogP contribution in [-0.2, 0) is 11.3 Å². The predicted molar refractivity (Wildman–Crippen MR) is 110 cm³/mol. The summed E-state index contributed by atoms with van der Waals surface area (Å²) in [5.74, 6) is 0. The third-order valence-electron chi connectivity index (χ3n) is 5.83. The van der Waals surface area contributed by atoms with Gasteiger partial charge in [-0.15, -0.1) is 0 Å². The van der Waals surface area contributed by atoms with Crippen LogP contribution in [0.15, 0.2) is 73.1 Å². The quantitative estimate of drug-likeness (QED) is 0.637. The highest BCUT2D eigenvalue weighted by atomic mass is 16.6. The van der Waals surface area contributed by atoms with Gasteiger partial charge in [0.15, 0.2) is 0 Å². The number of ether oxygens (including phenoxy) is 1. The third kappa shape index (κ3) is 3.05. The van der Waals surface area contributed by atoms with Gasteiger partial charge in [-0.3, -0.25) is 9.88 Å². The summed E-state index contributed by atoms with van der Waals surface area (Å²) in [6.45, 7) is 0.319. The van der Waals surface area contributed by atoms with Crippen LogP contribution in [0.5, 0.6) is 0 Å². The minimum atomic E-state index is -0.206. The van der Waals surface area contributed by atoms with Gasteiger partial charge in [-0.05, 0) is 35.8 Å². The zero-order valence-corrected chi connectivity index (χ0v) is 15.6. The van der Waals surface area contributed by atoms with Crippen molar-refractivity contribution in [1.82, 2.24) is 9.88 Å². The van der Waals surface area contributed by atoms with Crippen molar-refractivity contribution in [3.8, 4) is 0 Å². The molecule has 2 unspecified atom stereocenters. The molecule has 0 saturated carbocycles. The summed E-state index contributed by atoms with van der Waals surface area (Å²) < 4.78 is 5.60. The number of carbonyl (C=O) groups excluding carboxylic acids is 1. The van der Waals surface area contributed by atoms with Gasteiger partial charge in [0.05, 0.1) is 6.04 Å². The number of amides is 1. The lowest BCUT2D eigenvalue weighted by atomic mass is 9.93. The number of hydrogen-bond donors (Lipinski definition) is 0. The van der Waals surface area contributed by atoms with Crippen LogP contribution in [0.2, 0.25) is 0 Å². The fourth-order valence-corrected chi connectivity index (χ4v) is 4.48. The van der Waals surface area contributed by atoms with Crippen LogP contribution in [-0.4, -0.2) is 28.1 Å². The second-order valence-electron chi connectivity index (χ2n) is 7.55. The number of pyridine rings is 1. The number of nitrogens with zero attached hydrogens (tertiary/aromatic N) is 2. The summed E-state index contributed by atoms with van der Waals surface area (Å²) >= 11 is 0. The van der Waals surface area contributed by atoms with Gasteiger partial charge in [0.1, 0.15) is 6.61 Å². The van der Waals surface area contributed by atoms with Gasteiger partial charge < -0.3 is 4.74 Å². The molecule has 28 heavy (non-hydrogen) atoms. The van der Waals surface area contributed by atoms with Crippen LogP contribution < -0.4 is 0 Å². The number of carbonyl (C=O) groups is 1. The second kappa shape index (κ2) is 7.12. The molecule has 3 heterocycles. The first-order valence-electron chi connectivity index (χ1n) is 9.82. The molecule has 2 atom stereocenters. The van der Waals surface area contributed by atoms with Gasteiger partial charge in [-0.25, -0.2) is 4.79 Å². The van der Waals surface area contributed by atoms with Crippen molar-refractivity contribution in [2.45, 2.75) is 38.0 Å². The first kappa shape index (κ1) is 17.0. The van der Waals surface area contributed by atoms with E-state index in [2.05, 4.69) is 29.3 Å². The third-order valence-corrected chi connectivity index (χ3v) is 5.83. The Labute approximate surface area is 164 Å². The molecule has 1 amide bonds. The van der Waals surface area contributed by atoms with E-state index < -0.39 is 0 Å². The topological polar surface area (TPSA) is 42.4 Å². The Morgan fingerprint density at radius 1 is 1.04 bits per heavy atom. The van der Waals surface area contributed by atoms with Crippen molar-refractivity contribution in [3.05, 3.63) is 84.2 Å². The molecule has 1 saturated heterocycles. The fraction of sp³-hybridized carbons (Fsp3) is 0.250. The maximum atomic E-state index is 12.7. The average molecular weight is 370 g/mol. The molecular formula is C24H22N2O2. The molecule has 0 radical (unpaired) electrons. The smallest absolute Gasteiger partial charge is 0.410 e. The molecule has 140 valence electrons. The van der Waals surface area contributed by atoms with Crippen molar-refractivity contribution in [2.24, 2.45) is 0 Å². The second-order valence-corrected chi connectivity index (χ2v) is 7.55. The molecule has 5 rings (SSSR count). The lowest BCUT2D eigenvalue weighted by Gasteiger charge is -2.33. The Morgan fingerprint density at radius 2 is 1.86 bits per heavy atom. The number of benzene rings is 2. The molecular weight excluding hydrogens is 348 g/mol. The summed E-state index contributed by atoms with van der Waals surface area (Å²) in [7, 11) is 0. The van der Waals surface area contributed by atoms with Crippen molar-refractivity contribution in [2.75, 3.05) is 0 Å². The van der Waals surface area contributed by atoms with Crippen LogP contribution in [0.3, 0.4) is 0 Å². The van der Waals surface area contributed by atoms with E-state index in [1.807, 2.05) is 53.7 Å². The minimum absolute atomic E-state index is 0.107. The summed E-state index contributed by atoms with van der Waals surface area (Å²) in [6.07, 6.45) is 8.77. The zero-order chi connectivity index (χ0) is 18.9. The molecule has 1 fully saturated rings. The summed E-state index contributed by atoms with van der Waals surface area (Å²) in [5, 5.41) is 2.38. The van der Waals surface area contributed by atoms with E-state index in [-0.39, 0.29) is 18.2 Å². The van der Waals surface area contributed by atoms with Crippen LogP contribution in [0.25, 0.3) is 16.3 Å². The molecule has 4 nitrogen and oxygen atoms in total. The summed E-state index contributed by atoms with van der Waals surface area (Å²) in [5.41, 5.74) is 3.49. The standard InChI is InChI=1S/C24H22N2O2/c27-24(28-16-17-6-2-1-3-7-17)26-20-10-11-21(26)13-19(12-20)23-15-25-14-18-8-4-5-9-22(18)23/h1-9,12,14-15,20-21H,10-11,13,16H2. The normalized spacial score (nSPS) is 20.9. The van der Waals surface area contributed by atoms with Gasteiger partial charge >= 0.3 is 6.09 Å². The van der Waals surface area contributed by atoms with Crippen LogP contribution in [0.4, 0.5) is 4.79 Å². The van der Waals surface area contributed by atoms with Gasteiger partial charge in [-0.1, -0.05) is 60.7 Å². The van der Waals surface area contributed by atoms with E-state index in [9.17, 15) is 4.79 Å². The fourth-order valence-electron chi connectivity index (χ4n) is 4.48. The number of rotatable bonds is 3. The summed E-state index contributed by atoms with van der Waals surface area (Å²) in [4.78, 5) is 19.1. The van der Waals surface area contributed by atoms with E-state index in [1.54, 1.807) is 0 Å². The number of aromatic nitrogens is 1. The minimum Gasteiger partial charge on any atom is -0.445 e. The molecule has 0 aliphatic carbocycles. The highest BCUT2D eigenvalue weighted by molar-refractivity contribution is 5.93. The molecule has 2 aromatic carbocycles. The molecule has 2 aliphatic heterocycles.